The van der Waals surface area contributed by atoms with Crippen LogP contribution in [0.25, 0.3) is 11.2 Å². The Balaban J connectivity index is 1.40. The maximum absolute atomic E-state index is 11.1. The molecule has 1 aromatic carbocycles. The van der Waals surface area contributed by atoms with Gasteiger partial charge >= 0.3 is 10.3 Å². The highest BCUT2D eigenvalue weighted by Gasteiger charge is 2.37. The highest BCUT2D eigenvalue weighted by Crippen LogP contribution is 2.38. The number of rotatable bonds is 7. The average molecular weight is 489 g/mol. The van der Waals surface area contributed by atoms with E-state index in [-0.39, 0.29) is 24.7 Å². The molecule has 0 aliphatic heterocycles. The van der Waals surface area contributed by atoms with Crippen molar-refractivity contribution in [2.75, 3.05) is 26.0 Å². The fraction of sp³-hybridized carbons (Fsp3) is 0.524. The molecule has 2 aromatic heterocycles. The molecule has 0 saturated heterocycles. The summed E-state index contributed by atoms with van der Waals surface area (Å²) in [6.45, 7) is -0.183. The molecule has 0 bridgehead atoms. The molecule has 3 aromatic rings. The van der Waals surface area contributed by atoms with Crippen LogP contribution in [-0.4, -0.2) is 76.2 Å². The summed E-state index contributed by atoms with van der Waals surface area (Å²) in [7, 11) is 0.0676. The molecule has 34 heavy (non-hydrogen) atoms. The third kappa shape index (κ3) is 4.36. The molecule has 182 valence electrons. The first-order valence-corrected chi connectivity index (χ1v) is 12.6. The van der Waals surface area contributed by atoms with E-state index in [1.807, 2.05) is 6.07 Å². The molecule has 5 atom stereocenters. The number of aliphatic hydroxyl groups excluding tert-OH is 1. The molecule has 0 radical (unpaired) electrons. The Morgan fingerprint density at radius 2 is 2.06 bits per heavy atom. The number of aromatic nitrogens is 5. The molecule has 2 heterocycles. The van der Waals surface area contributed by atoms with Gasteiger partial charge in [0, 0.05) is 12.0 Å². The van der Waals surface area contributed by atoms with Crippen molar-refractivity contribution in [3.8, 4) is 0 Å². The van der Waals surface area contributed by atoms with Gasteiger partial charge in [0.2, 0.25) is 0 Å². The first kappa shape index (κ1) is 23.1. The van der Waals surface area contributed by atoms with Crippen LogP contribution in [-0.2, 0) is 20.9 Å². The number of hydrogen-bond acceptors (Lipinski definition) is 10. The molecule has 4 N–H and O–H groups in total. The number of nitrogens with zero attached hydrogens (tertiary/aromatic N) is 6. The molecule has 0 spiro atoms. The lowest BCUT2D eigenvalue weighted by Gasteiger charge is -2.27. The van der Waals surface area contributed by atoms with Gasteiger partial charge in [0.05, 0.1) is 24.8 Å². The SMILES string of the molecule is CN(C)[C@H]1Cc2ccccc2[C@H]1Nc1ncnc2c1nnn2[C@@H]1C[C@@H](COS(N)(=O)=O)[C@@H](O)C1. The lowest BCUT2D eigenvalue weighted by atomic mass is 10.1. The minimum absolute atomic E-state index is 0.0301. The van der Waals surface area contributed by atoms with Crippen molar-refractivity contribution in [3.05, 3.63) is 41.7 Å². The molecule has 1 saturated carbocycles. The number of likely N-dealkylation sites (N-methyl/N-ethyl adjacent to an activating group) is 1. The second-order valence-electron chi connectivity index (χ2n) is 9.21. The van der Waals surface area contributed by atoms with Crippen molar-refractivity contribution in [1.82, 2.24) is 29.9 Å². The molecule has 0 unspecified atom stereocenters. The highest BCUT2D eigenvalue weighted by atomic mass is 32.2. The Hall–Kier alpha value is -2.71. The van der Waals surface area contributed by atoms with Crippen molar-refractivity contribution in [2.45, 2.75) is 43.5 Å². The van der Waals surface area contributed by atoms with Gasteiger partial charge < -0.3 is 15.3 Å². The third-order valence-corrected chi connectivity index (χ3v) is 7.31. The fourth-order valence-electron chi connectivity index (χ4n) is 5.13. The van der Waals surface area contributed by atoms with E-state index in [4.69, 9.17) is 9.32 Å². The Labute approximate surface area is 197 Å². The van der Waals surface area contributed by atoms with Crippen LogP contribution in [0.15, 0.2) is 30.6 Å². The van der Waals surface area contributed by atoms with Crippen LogP contribution < -0.4 is 10.5 Å². The van der Waals surface area contributed by atoms with Crippen molar-refractivity contribution >= 4 is 27.3 Å². The fourth-order valence-corrected chi connectivity index (χ4v) is 5.49. The Morgan fingerprint density at radius 1 is 1.26 bits per heavy atom. The summed E-state index contributed by atoms with van der Waals surface area (Å²) < 4.78 is 28.6. The lowest BCUT2D eigenvalue weighted by Crippen LogP contribution is -2.35. The van der Waals surface area contributed by atoms with Gasteiger partial charge in [-0.05, 0) is 44.5 Å². The van der Waals surface area contributed by atoms with E-state index in [0.717, 1.165) is 6.42 Å². The van der Waals surface area contributed by atoms with Gasteiger partial charge in [0.15, 0.2) is 17.0 Å². The van der Waals surface area contributed by atoms with Crippen LogP contribution in [0.4, 0.5) is 5.82 Å². The zero-order chi connectivity index (χ0) is 24.0. The number of fused-ring (bicyclic) bond motifs is 2. The van der Waals surface area contributed by atoms with Crippen molar-refractivity contribution in [2.24, 2.45) is 11.1 Å². The molecule has 2 aliphatic carbocycles. The molecule has 12 nitrogen and oxygen atoms in total. The van der Waals surface area contributed by atoms with Gasteiger partial charge in [-0.25, -0.2) is 19.8 Å². The van der Waals surface area contributed by atoms with E-state index >= 15 is 0 Å². The van der Waals surface area contributed by atoms with E-state index in [0.29, 0.717) is 29.8 Å². The van der Waals surface area contributed by atoms with Gasteiger partial charge in [-0.15, -0.1) is 5.10 Å². The van der Waals surface area contributed by atoms with Crippen LogP contribution in [0.3, 0.4) is 0 Å². The molecular formula is C21H28N8O4S. The smallest absolute Gasteiger partial charge is 0.333 e. The molecule has 1 fully saturated rings. The molecule has 2 aliphatic rings. The average Bonchev–Trinajstić information content (AvgIpc) is 3.47. The van der Waals surface area contributed by atoms with Gasteiger partial charge in [-0.1, -0.05) is 29.5 Å². The van der Waals surface area contributed by atoms with Gasteiger partial charge in [0.25, 0.3) is 0 Å². The van der Waals surface area contributed by atoms with E-state index in [1.165, 1.54) is 17.5 Å². The summed E-state index contributed by atoms with van der Waals surface area (Å²) in [5, 5.41) is 27.6. The van der Waals surface area contributed by atoms with Crippen molar-refractivity contribution < 1.29 is 17.7 Å². The monoisotopic (exact) mass is 488 g/mol. The normalized spacial score (nSPS) is 26.9. The third-order valence-electron chi connectivity index (χ3n) is 6.85. The predicted molar refractivity (Wildman–Crippen MR) is 124 cm³/mol. The van der Waals surface area contributed by atoms with E-state index in [2.05, 4.69) is 62.8 Å². The summed E-state index contributed by atoms with van der Waals surface area (Å²) in [6, 6.07) is 8.46. The maximum Gasteiger partial charge on any atom is 0.333 e. The van der Waals surface area contributed by atoms with Crippen LogP contribution in [0.5, 0.6) is 0 Å². The summed E-state index contributed by atoms with van der Waals surface area (Å²) >= 11 is 0. The first-order valence-electron chi connectivity index (χ1n) is 11.1. The summed E-state index contributed by atoms with van der Waals surface area (Å²) in [5.41, 5.74) is 3.64. The molecule has 13 heteroatoms. The second-order valence-corrected chi connectivity index (χ2v) is 10.4. The largest absolute Gasteiger partial charge is 0.393 e. The number of hydrogen-bond donors (Lipinski definition) is 3. The van der Waals surface area contributed by atoms with Gasteiger partial charge in [-0.2, -0.15) is 8.42 Å². The van der Waals surface area contributed by atoms with Crippen molar-refractivity contribution in [1.29, 1.82) is 0 Å². The zero-order valence-corrected chi connectivity index (χ0v) is 19.8. The first-order chi connectivity index (χ1) is 16.2. The number of nitrogens with two attached hydrogens (primary N) is 1. The van der Waals surface area contributed by atoms with Crippen LogP contribution >= 0.6 is 0 Å². The Kier molecular flexibility index (Phi) is 5.98. The van der Waals surface area contributed by atoms with Gasteiger partial charge in [0.1, 0.15) is 6.33 Å². The second kappa shape index (κ2) is 8.82. The van der Waals surface area contributed by atoms with Crippen molar-refractivity contribution in [3.63, 3.8) is 0 Å². The Morgan fingerprint density at radius 3 is 2.82 bits per heavy atom. The minimum atomic E-state index is -4.07. The number of benzene rings is 1. The van der Waals surface area contributed by atoms with Crippen LogP contribution in [0.1, 0.15) is 36.1 Å². The lowest BCUT2D eigenvalue weighted by molar-refractivity contribution is 0.100. The highest BCUT2D eigenvalue weighted by molar-refractivity contribution is 7.84. The quantitative estimate of drug-likeness (QED) is 0.424. The zero-order valence-electron chi connectivity index (χ0n) is 18.9. The van der Waals surface area contributed by atoms with Gasteiger partial charge in [-0.3, -0.25) is 4.18 Å². The number of anilines is 1. The minimum Gasteiger partial charge on any atom is -0.393 e. The number of nitrogens with one attached hydrogen (secondary N) is 1. The standard InChI is InChI=1S/C21H28N8O4S/c1-28(2)16-8-12-5-3-4-6-15(12)18(16)25-20-19-21(24-11-23-20)29(27-26-19)14-7-13(17(30)9-14)10-33-34(22,31)32/h3-6,11,13-14,16-18,30H,7-10H2,1-2H3,(H2,22,31,32)(H,23,24,25)/t13-,14+,16-,17-,18+/m0/s1. The summed E-state index contributed by atoms with van der Waals surface area (Å²) in [6.07, 6.45) is 2.50. The molecule has 5 rings (SSSR count). The number of aliphatic hydroxyl groups is 1. The maximum atomic E-state index is 11.1. The molecule has 0 amide bonds. The summed E-state index contributed by atoms with van der Waals surface area (Å²) in [5.74, 6) is 0.204. The van der Waals surface area contributed by atoms with Crippen LogP contribution in [0, 0.1) is 5.92 Å². The predicted octanol–water partition coefficient (Wildman–Crippen LogP) is 0.393. The Bertz CT molecular complexity index is 1300. The molecular weight excluding hydrogens is 460 g/mol. The topological polar surface area (TPSA) is 161 Å². The van der Waals surface area contributed by atoms with E-state index < -0.39 is 22.3 Å². The van der Waals surface area contributed by atoms with Crippen LogP contribution in [0.2, 0.25) is 0 Å². The van der Waals surface area contributed by atoms with E-state index in [1.54, 1.807) is 4.68 Å². The summed E-state index contributed by atoms with van der Waals surface area (Å²) in [4.78, 5) is 11.1. The van der Waals surface area contributed by atoms with E-state index in [9.17, 15) is 13.5 Å².